The number of carboxylic acid groups (broad SMARTS) is 1. The number of carboxylic acids is 1. The number of nitrogens with zero attached hydrogens (tertiary/aromatic N) is 2. The van der Waals surface area contributed by atoms with E-state index in [0.717, 1.165) is 6.42 Å². The third kappa shape index (κ3) is 3.21. The Bertz CT molecular complexity index is 365. The largest absolute Gasteiger partial charge is 0.481 e. The lowest BCUT2D eigenvalue weighted by molar-refractivity contribution is -0.156. The molecule has 1 fully saturated rings. The van der Waals surface area contributed by atoms with E-state index in [9.17, 15) is 14.4 Å². The molecule has 1 aliphatic heterocycles. The molecule has 102 valence electrons. The van der Waals surface area contributed by atoms with Gasteiger partial charge in [-0.3, -0.25) is 14.4 Å². The van der Waals surface area contributed by atoms with Gasteiger partial charge in [0, 0.05) is 13.1 Å². The average Bonchev–Trinajstić information content (AvgIpc) is 2.25. The predicted molar refractivity (Wildman–Crippen MR) is 64.9 cm³/mol. The molecule has 0 atom stereocenters. The van der Waals surface area contributed by atoms with E-state index in [1.54, 1.807) is 13.8 Å². The second kappa shape index (κ2) is 5.37. The van der Waals surface area contributed by atoms with Crippen LogP contribution < -0.4 is 0 Å². The van der Waals surface area contributed by atoms with Gasteiger partial charge in [0.1, 0.15) is 0 Å². The molecule has 0 bridgehead atoms. The second-order valence-electron chi connectivity index (χ2n) is 5.25. The lowest BCUT2D eigenvalue weighted by Crippen LogP contribution is -2.56. The van der Waals surface area contributed by atoms with Crippen molar-refractivity contribution < 1.29 is 19.5 Å². The Hall–Kier alpha value is -1.59. The highest BCUT2D eigenvalue weighted by Gasteiger charge is 2.36. The van der Waals surface area contributed by atoms with Gasteiger partial charge in [0.05, 0.1) is 18.5 Å². The molecular weight excluding hydrogens is 236 g/mol. The van der Waals surface area contributed by atoms with E-state index >= 15 is 0 Å². The Balaban J connectivity index is 2.68. The zero-order chi connectivity index (χ0) is 13.9. The van der Waals surface area contributed by atoms with Gasteiger partial charge in [-0.2, -0.15) is 0 Å². The van der Waals surface area contributed by atoms with E-state index in [1.165, 1.54) is 9.80 Å². The van der Waals surface area contributed by atoms with Crippen LogP contribution in [0.5, 0.6) is 0 Å². The molecule has 1 rings (SSSR count). The van der Waals surface area contributed by atoms with E-state index in [-0.39, 0.29) is 31.4 Å². The van der Waals surface area contributed by atoms with Crippen LogP contribution in [0, 0.1) is 5.41 Å². The highest BCUT2D eigenvalue weighted by atomic mass is 16.4. The van der Waals surface area contributed by atoms with Crippen molar-refractivity contribution in [2.24, 2.45) is 5.41 Å². The fourth-order valence-electron chi connectivity index (χ4n) is 1.87. The molecule has 1 aliphatic rings. The summed E-state index contributed by atoms with van der Waals surface area (Å²) in [6, 6.07) is 0. The van der Waals surface area contributed by atoms with Crippen molar-refractivity contribution in [1.82, 2.24) is 9.80 Å². The molecule has 2 amide bonds. The molecule has 1 heterocycles. The lowest BCUT2D eigenvalue weighted by Gasteiger charge is -2.36. The molecule has 0 aromatic carbocycles. The van der Waals surface area contributed by atoms with Crippen molar-refractivity contribution in [3.8, 4) is 0 Å². The van der Waals surface area contributed by atoms with Gasteiger partial charge in [-0.1, -0.05) is 6.92 Å². The quantitative estimate of drug-likeness (QED) is 0.761. The summed E-state index contributed by atoms with van der Waals surface area (Å²) >= 11 is 0. The van der Waals surface area contributed by atoms with Gasteiger partial charge in [-0.05, 0) is 20.3 Å². The number of hydrogen-bond donors (Lipinski definition) is 1. The molecule has 0 aromatic heterocycles. The first-order valence-electron chi connectivity index (χ1n) is 6.07. The summed E-state index contributed by atoms with van der Waals surface area (Å²) in [5.41, 5.74) is -1.04. The normalized spacial score (nSPS) is 17.3. The fourth-order valence-corrected chi connectivity index (χ4v) is 1.87. The van der Waals surface area contributed by atoms with Gasteiger partial charge in [-0.25, -0.2) is 0 Å². The molecule has 0 saturated carbocycles. The first-order valence-corrected chi connectivity index (χ1v) is 6.07. The number of aliphatic carboxylic acids is 1. The van der Waals surface area contributed by atoms with Gasteiger partial charge < -0.3 is 14.9 Å². The third-order valence-corrected chi connectivity index (χ3v) is 3.02. The first-order chi connectivity index (χ1) is 8.27. The molecule has 0 spiro atoms. The maximum absolute atomic E-state index is 11.9. The standard InChI is InChI=1S/C12H20N2O4/c1-4-5-13-6-10(16)14(7-9(13)15)8-12(2,3)11(17)18/h4-8H2,1-3H3,(H,17,18). The van der Waals surface area contributed by atoms with Gasteiger partial charge in [0.25, 0.3) is 0 Å². The van der Waals surface area contributed by atoms with Crippen LogP contribution in [0.4, 0.5) is 0 Å². The minimum atomic E-state index is -1.04. The Morgan fingerprint density at radius 3 is 2.22 bits per heavy atom. The molecule has 6 nitrogen and oxygen atoms in total. The van der Waals surface area contributed by atoms with Crippen LogP contribution in [0.2, 0.25) is 0 Å². The summed E-state index contributed by atoms with van der Waals surface area (Å²) < 4.78 is 0. The van der Waals surface area contributed by atoms with Crippen molar-refractivity contribution >= 4 is 17.8 Å². The minimum Gasteiger partial charge on any atom is -0.481 e. The van der Waals surface area contributed by atoms with Crippen LogP contribution in [-0.2, 0) is 14.4 Å². The molecule has 1 N–H and O–H groups in total. The molecular formula is C12H20N2O4. The summed E-state index contributed by atoms with van der Waals surface area (Å²) in [5.74, 6) is -1.27. The van der Waals surface area contributed by atoms with Crippen LogP contribution in [-0.4, -0.2) is 58.9 Å². The van der Waals surface area contributed by atoms with Gasteiger partial charge in [0.2, 0.25) is 11.8 Å². The number of carbonyl (C=O) groups is 3. The highest BCUT2D eigenvalue weighted by Crippen LogP contribution is 2.19. The molecule has 0 aliphatic carbocycles. The fraction of sp³-hybridized carbons (Fsp3) is 0.750. The van der Waals surface area contributed by atoms with Gasteiger partial charge >= 0.3 is 5.97 Å². The molecule has 0 radical (unpaired) electrons. The van der Waals surface area contributed by atoms with E-state index in [1.807, 2.05) is 6.92 Å². The highest BCUT2D eigenvalue weighted by molar-refractivity contribution is 5.92. The Morgan fingerprint density at radius 1 is 1.22 bits per heavy atom. The Labute approximate surface area is 107 Å². The topological polar surface area (TPSA) is 77.9 Å². The van der Waals surface area contributed by atoms with Crippen LogP contribution in [0.3, 0.4) is 0 Å². The number of hydrogen-bond acceptors (Lipinski definition) is 3. The monoisotopic (exact) mass is 256 g/mol. The Kier molecular flexibility index (Phi) is 4.32. The predicted octanol–water partition coefficient (Wildman–Crippen LogP) is 0.178. The van der Waals surface area contributed by atoms with Gasteiger partial charge in [-0.15, -0.1) is 0 Å². The summed E-state index contributed by atoms with van der Waals surface area (Å²) in [4.78, 5) is 37.5. The number of carbonyl (C=O) groups excluding carboxylic acids is 2. The third-order valence-electron chi connectivity index (χ3n) is 3.02. The molecule has 0 aromatic rings. The van der Waals surface area contributed by atoms with Crippen LogP contribution in [0.25, 0.3) is 0 Å². The van der Waals surface area contributed by atoms with Crippen LogP contribution in [0.1, 0.15) is 27.2 Å². The van der Waals surface area contributed by atoms with E-state index in [2.05, 4.69) is 0 Å². The zero-order valence-electron chi connectivity index (χ0n) is 11.1. The van der Waals surface area contributed by atoms with Crippen molar-refractivity contribution in [1.29, 1.82) is 0 Å². The minimum absolute atomic E-state index is 0.0183. The number of rotatable bonds is 5. The maximum Gasteiger partial charge on any atom is 0.310 e. The summed E-state index contributed by atoms with van der Waals surface area (Å²) in [5, 5.41) is 9.03. The second-order valence-corrected chi connectivity index (χ2v) is 5.25. The van der Waals surface area contributed by atoms with E-state index in [4.69, 9.17) is 5.11 Å². The maximum atomic E-state index is 11.9. The summed E-state index contributed by atoms with van der Waals surface area (Å²) in [7, 11) is 0. The SMILES string of the molecule is CCCN1CC(=O)N(CC(C)(C)C(=O)O)CC1=O. The Morgan fingerprint density at radius 2 is 1.72 bits per heavy atom. The molecule has 1 saturated heterocycles. The molecule has 0 unspecified atom stereocenters. The first kappa shape index (κ1) is 14.5. The average molecular weight is 256 g/mol. The van der Waals surface area contributed by atoms with E-state index < -0.39 is 11.4 Å². The smallest absolute Gasteiger partial charge is 0.310 e. The van der Waals surface area contributed by atoms with E-state index in [0.29, 0.717) is 6.54 Å². The van der Waals surface area contributed by atoms with Crippen molar-refractivity contribution in [3.05, 3.63) is 0 Å². The van der Waals surface area contributed by atoms with Crippen molar-refractivity contribution in [2.75, 3.05) is 26.2 Å². The van der Waals surface area contributed by atoms with Gasteiger partial charge in [0.15, 0.2) is 0 Å². The number of piperazine rings is 1. The van der Waals surface area contributed by atoms with Crippen LogP contribution in [0.15, 0.2) is 0 Å². The molecule has 18 heavy (non-hydrogen) atoms. The summed E-state index contributed by atoms with van der Waals surface area (Å²) in [6.07, 6.45) is 0.805. The number of amides is 2. The molecule has 6 heteroatoms. The van der Waals surface area contributed by atoms with Crippen molar-refractivity contribution in [2.45, 2.75) is 27.2 Å². The lowest BCUT2D eigenvalue weighted by atomic mass is 9.92. The van der Waals surface area contributed by atoms with Crippen LogP contribution >= 0.6 is 0 Å². The zero-order valence-corrected chi connectivity index (χ0v) is 11.1. The summed E-state index contributed by atoms with van der Waals surface area (Å²) in [6.45, 7) is 5.71. The van der Waals surface area contributed by atoms with Crippen molar-refractivity contribution in [3.63, 3.8) is 0 Å².